The first-order valence-corrected chi connectivity index (χ1v) is 4.89. The average Bonchev–Trinajstić information content (AvgIpc) is 2.20. The minimum Gasteiger partial charge on any atom is -0.465 e. The molecule has 5 heteroatoms. The lowest BCUT2D eigenvalue weighted by Crippen LogP contribution is -2.13. The van der Waals surface area contributed by atoms with Crippen LogP contribution in [0, 0.1) is 5.82 Å². The van der Waals surface area contributed by atoms with E-state index in [1.807, 2.05) is 13.8 Å². The zero-order valence-electron chi connectivity index (χ0n) is 9.50. The van der Waals surface area contributed by atoms with Crippen molar-refractivity contribution in [3.8, 4) is 0 Å². The van der Waals surface area contributed by atoms with Crippen molar-refractivity contribution in [3.63, 3.8) is 0 Å². The van der Waals surface area contributed by atoms with Crippen LogP contribution in [-0.4, -0.2) is 19.1 Å². The number of nitrogens with two attached hydrogens (primary N) is 1. The van der Waals surface area contributed by atoms with Gasteiger partial charge in [-0.25, -0.2) is 9.18 Å². The molecule has 0 heterocycles. The van der Waals surface area contributed by atoms with E-state index in [9.17, 15) is 9.18 Å². The van der Waals surface area contributed by atoms with Crippen molar-refractivity contribution in [2.24, 2.45) is 0 Å². The van der Waals surface area contributed by atoms with Gasteiger partial charge in [-0.1, -0.05) is 0 Å². The number of anilines is 2. The molecule has 0 atom stereocenters. The van der Waals surface area contributed by atoms with Gasteiger partial charge in [0.15, 0.2) is 0 Å². The van der Waals surface area contributed by atoms with E-state index in [2.05, 4.69) is 10.1 Å². The van der Waals surface area contributed by atoms with Crippen LogP contribution in [0.15, 0.2) is 12.1 Å². The van der Waals surface area contributed by atoms with E-state index in [1.54, 1.807) is 0 Å². The molecule has 0 aliphatic rings. The number of benzene rings is 1. The van der Waals surface area contributed by atoms with E-state index in [0.29, 0.717) is 0 Å². The van der Waals surface area contributed by atoms with Gasteiger partial charge in [-0.2, -0.15) is 0 Å². The molecule has 3 N–H and O–H groups in total. The highest BCUT2D eigenvalue weighted by molar-refractivity contribution is 5.96. The topological polar surface area (TPSA) is 64.3 Å². The number of hydrogen-bond acceptors (Lipinski definition) is 4. The van der Waals surface area contributed by atoms with Crippen molar-refractivity contribution in [1.29, 1.82) is 0 Å². The van der Waals surface area contributed by atoms with Crippen molar-refractivity contribution >= 4 is 17.3 Å². The number of nitrogen functional groups attached to an aromatic ring is 1. The number of ether oxygens (including phenoxy) is 1. The van der Waals surface area contributed by atoms with Gasteiger partial charge in [0.1, 0.15) is 5.82 Å². The number of carbonyl (C=O) groups excluding carboxylic acids is 1. The summed E-state index contributed by atoms with van der Waals surface area (Å²) < 4.78 is 18.0. The first-order chi connectivity index (χ1) is 7.45. The number of hydrogen-bond donors (Lipinski definition) is 2. The van der Waals surface area contributed by atoms with Crippen molar-refractivity contribution < 1.29 is 13.9 Å². The van der Waals surface area contributed by atoms with E-state index in [4.69, 9.17) is 5.73 Å². The van der Waals surface area contributed by atoms with E-state index in [1.165, 1.54) is 13.2 Å². The third-order valence-electron chi connectivity index (χ3n) is 1.99. The number of nitrogens with one attached hydrogen (secondary N) is 1. The third kappa shape index (κ3) is 2.62. The maximum absolute atomic E-state index is 13.5. The summed E-state index contributed by atoms with van der Waals surface area (Å²) in [7, 11) is 1.25. The number of carbonyl (C=O) groups is 1. The van der Waals surface area contributed by atoms with Crippen LogP contribution in [0.3, 0.4) is 0 Å². The molecule has 0 fully saturated rings. The molecule has 0 bridgehead atoms. The van der Waals surface area contributed by atoms with E-state index in [0.717, 1.165) is 6.07 Å². The van der Waals surface area contributed by atoms with Crippen LogP contribution in [0.5, 0.6) is 0 Å². The van der Waals surface area contributed by atoms with Crippen LogP contribution in [-0.2, 0) is 4.74 Å². The summed E-state index contributed by atoms with van der Waals surface area (Å²) >= 11 is 0. The molecule has 1 aromatic rings. The fourth-order valence-corrected chi connectivity index (χ4v) is 1.30. The zero-order valence-corrected chi connectivity index (χ0v) is 9.50. The van der Waals surface area contributed by atoms with Gasteiger partial charge < -0.3 is 15.8 Å². The van der Waals surface area contributed by atoms with E-state index >= 15 is 0 Å². The molecular weight excluding hydrogens is 211 g/mol. The highest BCUT2D eigenvalue weighted by atomic mass is 19.1. The van der Waals surface area contributed by atoms with Gasteiger partial charge in [-0.3, -0.25) is 0 Å². The lowest BCUT2D eigenvalue weighted by atomic mass is 10.1. The second-order valence-corrected chi connectivity index (χ2v) is 3.71. The van der Waals surface area contributed by atoms with Crippen molar-refractivity contribution in [1.82, 2.24) is 0 Å². The highest BCUT2D eigenvalue weighted by Gasteiger charge is 2.14. The molecule has 0 radical (unpaired) electrons. The Bertz CT molecular complexity index is 405. The fourth-order valence-electron chi connectivity index (χ4n) is 1.30. The second kappa shape index (κ2) is 4.83. The van der Waals surface area contributed by atoms with E-state index in [-0.39, 0.29) is 23.0 Å². The Kier molecular flexibility index (Phi) is 3.71. The summed E-state index contributed by atoms with van der Waals surface area (Å²) in [5.74, 6) is -1.07. The fraction of sp³-hybridized carbons (Fsp3) is 0.364. The van der Waals surface area contributed by atoms with Gasteiger partial charge in [0.25, 0.3) is 0 Å². The smallest absolute Gasteiger partial charge is 0.340 e. The molecule has 0 aliphatic heterocycles. The molecule has 0 saturated carbocycles. The number of esters is 1. The standard InChI is InChI=1S/C11H15FN2O2/c1-6(2)14-10-4-7(11(15)16-3)9(13)5-8(10)12/h4-6,14H,13H2,1-3H3. The highest BCUT2D eigenvalue weighted by Crippen LogP contribution is 2.23. The van der Waals surface area contributed by atoms with Crippen LogP contribution < -0.4 is 11.1 Å². The monoisotopic (exact) mass is 226 g/mol. The van der Waals surface area contributed by atoms with E-state index < -0.39 is 11.8 Å². The molecule has 0 amide bonds. The lowest BCUT2D eigenvalue weighted by Gasteiger charge is -2.13. The van der Waals surface area contributed by atoms with Gasteiger partial charge in [0.2, 0.25) is 0 Å². The first kappa shape index (κ1) is 12.3. The molecule has 0 unspecified atom stereocenters. The minimum absolute atomic E-state index is 0.0589. The molecular formula is C11H15FN2O2. The molecule has 0 spiro atoms. The Morgan fingerprint density at radius 3 is 2.62 bits per heavy atom. The molecule has 1 rings (SSSR count). The molecule has 0 saturated heterocycles. The number of methoxy groups -OCH3 is 1. The predicted octanol–water partition coefficient (Wildman–Crippen LogP) is 2.01. The van der Waals surface area contributed by atoms with Gasteiger partial charge >= 0.3 is 5.97 Å². The average molecular weight is 226 g/mol. The third-order valence-corrected chi connectivity index (χ3v) is 1.99. The Balaban J connectivity index is 3.16. The van der Waals surface area contributed by atoms with Crippen LogP contribution >= 0.6 is 0 Å². The lowest BCUT2D eigenvalue weighted by molar-refractivity contribution is 0.0602. The maximum atomic E-state index is 13.5. The van der Waals surface area contributed by atoms with Crippen LogP contribution in [0.4, 0.5) is 15.8 Å². The summed E-state index contributed by atoms with van der Waals surface area (Å²) in [5.41, 5.74) is 6.00. The van der Waals surface area contributed by atoms with Crippen LogP contribution in [0.25, 0.3) is 0 Å². The van der Waals surface area contributed by atoms with Crippen molar-refractivity contribution in [3.05, 3.63) is 23.5 Å². The number of halogens is 1. The Morgan fingerprint density at radius 2 is 2.12 bits per heavy atom. The summed E-state index contributed by atoms with van der Waals surface area (Å²) in [5, 5.41) is 2.88. The quantitative estimate of drug-likeness (QED) is 0.611. The molecule has 1 aromatic carbocycles. The Hall–Kier alpha value is -1.78. The minimum atomic E-state index is -0.579. The normalized spacial score (nSPS) is 10.3. The first-order valence-electron chi connectivity index (χ1n) is 4.89. The molecule has 88 valence electrons. The van der Waals surface area contributed by atoms with Gasteiger partial charge in [0.05, 0.1) is 18.4 Å². The predicted molar refractivity (Wildman–Crippen MR) is 60.9 cm³/mol. The second-order valence-electron chi connectivity index (χ2n) is 3.71. The Labute approximate surface area is 93.6 Å². The van der Waals surface area contributed by atoms with Crippen LogP contribution in [0.1, 0.15) is 24.2 Å². The molecule has 16 heavy (non-hydrogen) atoms. The summed E-state index contributed by atoms with van der Waals surface area (Å²) in [6.07, 6.45) is 0. The van der Waals surface area contributed by atoms with Gasteiger partial charge in [-0.05, 0) is 26.0 Å². The zero-order chi connectivity index (χ0) is 12.3. The maximum Gasteiger partial charge on any atom is 0.340 e. The summed E-state index contributed by atoms with van der Waals surface area (Å²) in [6.45, 7) is 3.74. The largest absolute Gasteiger partial charge is 0.465 e. The molecule has 0 aromatic heterocycles. The van der Waals surface area contributed by atoms with Gasteiger partial charge in [0, 0.05) is 11.7 Å². The molecule has 4 nitrogen and oxygen atoms in total. The van der Waals surface area contributed by atoms with Gasteiger partial charge in [-0.15, -0.1) is 0 Å². The SMILES string of the molecule is COC(=O)c1cc(NC(C)C)c(F)cc1N. The van der Waals surface area contributed by atoms with Crippen LogP contribution in [0.2, 0.25) is 0 Å². The summed E-state index contributed by atoms with van der Waals surface area (Å²) in [6, 6.07) is 2.52. The van der Waals surface area contributed by atoms with Crippen molar-refractivity contribution in [2.75, 3.05) is 18.2 Å². The van der Waals surface area contributed by atoms with Crippen molar-refractivity contribution in [2.45, 2.75) is 19.9 Å². The number of rotatable bonds is 3. The summed E-state index contributed by atoms with van der Waals surface area (Å²) in [4.78, 5) is 11.3. The Morgan fingerprint density at radius 1 is 1.50 bits per heavy atom. The molecule has 0 aliphatic carbocycles.